The number of hydrogen-bond donors (Lipinski definition) is 2. The van der Waals surface area contributed by atoms with Crippen LogP contribution in [0, 0.1) is 5.92 Å². The molecule has 29 heavy (non-hydrogen) atoms. The molecule has 0 amide bonds. The number of methoxy groups -OCH3 is 1. The quantitative estimate of drug-likeness (QED) is 0.675. The van der Waals surface area contributed by atoms with Gasteiger partial charge in [0.1, 0.15) is 17.8 Å². The van der Waals surface area contributed by atoms with Crippen LogP contribution >= 0.6 is 0 Å². The maximum Gasteiger partial charge on any atom is 0.417 e. The Labute approximate surface area is 164 Å². The summed E-state index contributed by atoms with van der Waals surface area (Å²) in [5.74, 6) is 0.784. The van der Waals surface area contributed by atoms with Crippen molar-refractivity contribution in [2.24, 2.45) is 5.92 Å². The number of nitrogens with zero attached hydrogens (tertiary/aromatic N) is 4. The van der Waals surface area contributed by atoms with Crippen LogP contribution in [0.15, 0.2) is 30.7 Å². The number of ether oxygens (including phenoxy) is 1. The molecular weight excluding hydrogens is 387 g/mol. The third-order valence-electron chi connectivity index (χ3n) is 5.15. The van der Waals surface area contributed by atoms with Gasteiger partial charge >= 0.3 is 6.18 Å². The molecule has 7 nitrogen and oxygen atoms in total. The van der Waals surface area contributed by atoms with Crippen molar-refractivity contribution in [3.05, 3.63) is 36.3 Å². The molecule has 2 N–H and O–H groups in total. The van der Waals surface area contributed by atoms with Crippen LogP contribution in [0.1, 0.15) is 25.3 Å². The summed E-state index contributed by atoms with van der Waals surface area (Å²) in [4.78, 5) is 4.06. The molecule has 1 fully saturated rings. The van der Waals surface area contributed by atoms with Gasteiger partial charge in [-0.25, -0.2) is 4.98 Å². The summed E-state index contributed by atoms with van der Waals surface area (Å²) in [7, 11) is 1.31. The van der Waals surface area contributed by atoms with E-state index < -0.39 is 17.3 Å². The van der Waals surface area contributed by atoms with Gasteiger partial charge in [0.05, 0.1) is 30.0 Å². The molecule has 0 unspecified atom stereocenters. The molecule has 0 spiro atoms. The lowest BCUT2D eigenvalue weighted by molar-refractivity contribution is -0.137. The summed E-state index contributed by atoms with van der Waals surface area (Å²) in [6.07, 6.45) is -0.295. The van der Waals surface area contributed by atoms with E-state index in [0.717, 1.165) is 6.07 Å². The number of nitrogens with one attached hydrogen (secondary N) is 1. The Balaban J connectivity index is 1.69. The zero-order valence-electron chi connectivity index (χ0n) is 15.9. The van der Waals surface area contributed by atoms with Crippen molar-refractivity contribution in [2.45, 2.75) is 31.5 Å². The Morgan fingerprint density at radius 2 is 2.07 bits per heavy atom. The normalized spacial score (nSPS) is 21.8. The van der Waals surface area contributed by atoms with Gasteiger partial charge in [0.25, 0.3) is 0 Å². The van der Waals surface area contributed by atoms with Crippen LogP contribution in [-0.2, 0) is 6.18 Å². The van der Waals surface area contributed by atoms with Gasteiger partial charge in [-0.05, 0) is 43.9 Å². The highest BCUT2D eigenvalue weighted by molar-refractivity contribution is 5.79. The van der Waals surface area contributed by atoms with Crippen molar-refractivity contribution in [3.8, 4) is 17.0 Å². The van der Waals surface area contributed by atoms with Crippen LogP contribution in [0.25, 0.3) is 16.8 Å². The lowest BCUT2D eigenvalue weighted by Crippen LogP contribution is -2.43. The molecular formula is C19H20F3N5O2. The number of fused-ring (bicyclic) bond motifs is 1. The number of benzene rings is 1. The largest absolute Gasteiger partial charge is 0.497 e. The van der Waals surface area contributed by atoms with Crippen LogP contribution in [0.2, 0.25) is 0 Å². The fraction of sp³-hybridized carbons (Fsp3) is 0.421. The average Bonchev–Trinajstić information content (AvgIpc) is 3.13. The molecule has 1 aliphatic carbocycles. The Kier molecular flexibility index (Phi) is 4.60. The van der Waals surface area contributed by atoms with Gasteiger partial charge in [-0.2, -0.15) is 13.2 Å². The first-order valence-electron chi connectivity index (χ1n) is 9.08. The van der Waals surface area contributed by atoms with E-state index in [2.05, 4.69) is 20.5 Å². The van der Waals surface area contributed by atoms with E-state index in [1.165, 1.54) is 31.8 Å². The maximum atomic E-state index is 13.6. The minimum Gasteiger partial charge on any atom is -0.497 e. The van der Waals surface area contributed by atoms with Crippen molar-refractivity contribution in [1.82, 2.24) is 19.6 Å². The van der Waals surface area contributed by atoms with E-state index in [1.54, 1.807) is 11.3 Å². The van der Waals surface area contributed by atoms with Gasteiger partial charge in [0, 0.05) is 12.1 Å². The Bertz CT molecular complexity index is 1040. The zero-order valence-corrected chi connectivity index (χ0v) is 15.9. The van der Waals surface area contributed by atoms with E-state index in [1.807, 2.05) is 0 Å². The van der Waals surface area contributed by atoms with Crippen molar-refractivity contribution >= 4 is 11.5 Å². The first-order valence-corrected chi connectivity index (χ1v) is 9.08. The molecule has 4 rings (SSSR count). The number of anilines is 1. The van der Waals surface area contributed by atoms with Crippen molar-refractivity contribution in [3.63, 3.8) is 0 Å². The van der Waals surface area contributed by atoms with E-state index in [9.17, 15) is 18.3 Å². The standard InChI is InChI=1S/C19H20F3N5O2/c1-18(28)6-11(7-18)8-24-17-26-25-16(15-9-23-10-27(15)17)13-4-3-12(29-2)5-14(13)19(20,21)22/h3-5,9-11,28H,6-8H2,1-2H3,(H,24,26)/t11-,18+. The second-order valence-corrected chi connectivity index (χ2v) is 7.58. The molecule has 0 atom stereocenters. The average molecular weight is 407 g/mol. The number of rotatable bonds is 5. The molecule has 1 aromatic carbocycles. The van der Waals surface area contributed by atoms with Crippen LogP contribution < -0.4 is 10.1 Å². The predicted octanol–water partition coefficient (Wildman–Crippen LogP) is 3.39. The van der Waals surface area contributed by atoms with Gasteiger partial charge in [-0.3, -0.25) is 4.40 Å². The fourth-order valence-electron chi connectivity index (χ4n) is 3.80. The number of hydrogen-bond acceptors (Lipinski definition) is 6. The third kappa shape index (κ3) is 3.71. The van der Waals surface area contributed by atoms with E-state index in [0.29, 0.717) is 36.8 Å². The van der Waals surface area contributed by atoms with E-state index in [-0.39, 0.29) is 17.0 Å². The predicted molar refractivity (Wildman–Crippen MR) is 99.6 cm³/mol. The second kappa shape index (κ2) is 6.87. The number of alkyl halides is 3. The van der Waals surface area contributed by atoms with E-state index in [4.69, 9.17) is 4.74 Å². The summed E-state index contributed by atoms with van der Waals surface area (Å²) in [6.45, 7) is 2.37. The first-order chi connectivity index (χ1) is 13.7. The van der Waals surface area contributed by atoms with Crippen molar-refractivity contribution < 1.29 is 23.0 Å². The van der Waals surface area contributed by atoms with Crippen LogP contribution in [0.5, 0.6) is 5.75 Å². The van der Waals surface area contributed by atoms with Crippen LogP contribution in [0.4, 0.5) is 19.1 Å². The molecule has 0 radical (unpaired) electrons. The van der Waals surface area contributed by atoms with Crippen molar-refractivity contribution in [1.29, 1.82) is 0 Å². The number of imidazole rings is 1. The molecule has 0 bridgehead atoms. The topological polar surface area (TPSA) is 84.6 Å². The highest BCUT2D eigenvalue weighted by atomic mass is 19.4. The second-order valence-electron chi connectivity index (χ2n) is 7.58. The lowest BCUT2D eigenvalue weighted by atomic mass is 9.72. The summed E-state index contributed by atoms with van der Waals surface area (Å²) in [6, 6.07) is 3.72. The molecule has 0 aliphatic heterocycles. The number of aromatic nitrogens is 4. The lowest BCUT2D eigenvalue weighted by Gasteiger charge is -2.41. The smallest absolute Gasteiger partial charge is 0.417 e. The van der Waals surface area contributed by atoms with Crippen LogP contribution in [-0.4, -0.2) is 43.9 Å². The van der Waals surface area contributed by atoms with Gasteiger partial charge in [0.15, 0.2) is 0 Å². The summed E-state index contributed by atoms with van der Waals surface area (Å²) in [5.41, 5.74) is -1.10. The minimum atomic E-state index is -4.58. The minimum absolute atomic E-state index is 0.0783. The van der Waals surface area contributed by atoms with Gasteiger partial charge in [-0.15, -0.1) is 10.2 Å². The molecule has 1 aliphatic rings. The Hall–Kier alpha value is -2.88. The van der Waals surface area contributed by atoms with Crippen molar-refractivity contribution in [2.75, 3.05) is 19.0 Å². The number of aliphatic hydroxyl groups is 1. The molecule has 0 saturated heterocycles. The molecule has 154 valence electrons. The molecule has 10 heteroatoms. The first kappa shape index (κ1) is 19.4. The Morgan fingerprint density at radius 3 is 2.72 bits per heavy atom. The van der Waals surface area contributed by atoms with Gasteiger partial charge < -0.3 is 15.2 Å². The number of halogens is 3. The molecule has 2 heterocycles. The summed E-state index contributed by atoms with van der Waals surface area (Å²) >= 11 is 0. The molecule has 2 aromatic heterocycles. The van der Waals surface area contributed by atoms with Crippen LogP contribution in [0.3, 0.4) is 0 Å². The van der Waals surface area contributed by atoms with E-state index >= 15 is 0 Å². The summed E-state index contributed by atoms with van der Waals surface area (Å²) in [5, 5.41) is 21.1. The Morgan fingerprint density at radius 1 is 1.31 bits per heavy atom. The third-order valence-corrected chi connectivity index (χ3v) is 5.15. The molecule has 1 saturated carbocycles. The molecule has 3 aromatic rings. The fourth-order valence-corrected chi connectivity index (χ4v) is 3.80. The highest BCUT2D eigenvalue weighted by Gasteiger charge is 2.38. The summed E-state index contributed by atoms with van der Waals surface area (Å²) < 4.78 is 47.4. The zero-order chi connectivity index (χ0) is 20.8. The van der Waals surface area contributed by atoms with Gasteiger partial charge in [-0.1, -0.05) is 0 Å². The SMILES string of the molecule is COc1ccc(-c2nnc(NC[C@H]3C[C@@](C)(O)C3)n3cncc23)c(C(F)(F)F)c1. The maximum absolute atomic E-state index is 13.6. The van der Waals surface area contributed by atoms with Gasteiger partial charge in [0.2, 0.25) is 5.95 Å². The highest BCUT2D eigenvalue weighted by Crippen LogP contribution is 2.40. The monoisotopic (exact) mass is 407 g/mol.